The number of carbonyl (C=O) groups is 1. The molecule has 0 fully saturated rings. The number of amides is 1. The Morgan fingerprint density at radius 2 is 1.76 bits per heavy atom. The number of hydrogen-bond donors (Lipinski definition) is 0. The van der Waals surface area contributed by atoms with Crippen LogP contribution in [-0.4, -0.2) is 5.91 Å². The predicted octanol–water partition coefficient (Wildman–Crippen LogP) is 7.87. The van der Waals surface area contributed by atoms with Crippen molar-refractivity contribution in [1.29, 1.82) is 0 Å². The lowest BCUT2D eigenvalue weighted by Gasteiger charge is -2.42. The molecule has 34 heavy (non-hydrogen) atoms. The number of anilines is 1. The lowest BCUT2D eigenvalue weighted by Crippen LogP contribution is -2.43. The van der Waals surface area contributed by atoms with E-state index in [9.17, 15) is 9.70 Å². The first-order valence-electron chi connectivity index (χ1n) is 12.3. The van der Waals surface area contributed by atoms with Gasteiger partial charge in [0.05, 0.1) is 6.54 Å². The molecular weight excluding hydrogens is 420 g/mol. The number of rotatable bonds is 8. The highest BCUT2D eigenvalue weighted by Gasteiger charge is 2.40. The van der Waals surface area contributed by atoms with E-state index in [-0.39, 0.29) is 11.3 Å². The Morgan fingerprint density at radius 1 is 1.06 bits per heavy atom. The van der Waals surface area contributed by atoms with Crippen LogP contribution in [0, 0.1) is 11.8 Å². The minimum Gasteiger partial charge on any atom is -0.308 e. The van der Waals surface area contributed by atoms with E-state index in [1.54, 1.807) is 0 Å². The van der Waals surface area contributed by atoms with Gasteiger partial charge in [0.1, 0.15) is 6.04 Å². The summed E-state index contributed by atoms with van der Waals surface area (Å²) in [6.07, 6.45) is 3.59. The lowest BCUT2D eigenvalue weighted by molar-refractivity contribution is -0.120. The van der Waals surface area contributed by atoms with Gasteiger partial charge in [-0.2, -0.15) is 4.91 Å². The fraction of sp³-hybridized carbons (Fsp3) is 0.367. The van der Waals surface area contributed by atoms with Gasteiger partial charge in [0.15, 0.2) is 0 Å². The summed E-state index contributed by atoms with van der Waals surface area (Å²) in [4.78, 5) is 27.1. The Bertz CT molecular complexity index is 1170. The minimum absolute atomic E-state index is 0.135. The average Bonchev–Trinajstić information content (AvgIpc) is 2.85. The molecule has 2 unspecified atom stereocenters. The fourth-order valence-electron chi connectivity index (χ4n) is 5.08. The Hall–Kier alpha value is -3.27. The molecule has 0 radical (unpaired) electrons. The molecule has 176 valence electrons. The summed E-state index contributed by atoms with van der Waals surface area (Å²) >= 11 is 0. The summed E-state index contributed by atoms with van der Waals surface area (Å²) in [5.74, 6) is 0.135. The first kappa shape index (κ1) is 23.9. The molecule has 3 aromatic rings. The highest BCUT2D eigenvalue weighted by Crippen LogP contribution is 2.48. The quantitative estimate of drug-likeness (QED) is 0.325. The lowest BCUT2D eigenvalue weighted by atomic mass is 9.70. The van der Waals surface area contributed by atoms with E-state index in [4.69, 9.17) is 0 Å². The van der Waals surface area contributed by atoms with Gasteiger partial charge in [-0.1, -0.05) is 92.0 Å². The summed E-state index contributed by atoms with van der Waals surface area (Å²) < 4.78 is 0. The largest absolute Gasteiger partial charge is 0.308 e. The Kier molecular flexibility index (Phi) is 6.97. The van der Waals surface area contributed by atoms with Gasteiger partial charge in [-0.3, -0.25) is 4.79 Å². The zero-order valence-corrected chi connectivity index (χ0v) is 20.7. The molecule has 2 atom stereocenters. The molecule has 4 rings (SSSR count). The van der Waals surface area contributed by atoms with E-state index in [0.29, 0.717) is 13.0 Å². The second kappa shape index (κ2) is 9.92. The number of hydrogen-bond acceptors (Lipinski definition) is 3. The molecule has 4 heteroatoms. The molecular formula is C30H34N2O2. The number of fused-ring (bicyclic) bond motifs is 1. The van der Waals surface area contributed by atoms with Crippen LogP contribution in [0.1, 0.15) is 74.8 Å². The number of unbranched alkanes of at least 4 members (excludes halogenated alkanes) is 1. The smallest absolute Gasteiger partial charge is 0.228 e. The molecule has 1 aliphatic heterocycles. The van der Waals surface area contributed by atoms with Gasteiger partial charge in [-0.25, -0.2) is 0 Å². The maximum atomic E-state index is 13.5. The third kappa shape index (κ3) is 4.68. The molecule has 1 aliphatic rings. The molecule has 0 spiro atoms. The minimum atomic E-state index is -0.515. The Labute approximate surface area is 203 Å². The van der Waals surface area contributed by atoms with Gasteiger partial charge in [0.2, 0.25) is 5.91 Å². The molecule has 0 aliphatic carbocycles. The van der Waals surface area contributed by atoms with Crippen LogP contribution in [0.25, 0.3) is 11.1 Å². The number of nitrogens with zero attached hydrogens (tertiary/aromatic N) is 2. The van der Waals surface area contributed by atoms with Crippen LogP contribution < -0.4 is 4.90 Å². The summed E-state index contributed by atoms with van der Waals surface area (Å²) in [5.41, 5.74) is 7.11. The maximum Gasteiger partial charge on any atom is 0.228 e. The van der Waals surface area contributed by atoms with Crippen molar-refractivity contribution in [3.63, 3.8) is 0 Å². The van der Waals surface area contributed by atoms with E-state index < -0.39 is 6.04 Å². The van der Waals surface area contributed by atoms with E-state index >= 15 is 0 Å². The predicted molar refractivity (Wildman–Crippen MR) is 140 cm³/mol. The van der Waals surface area contributed by atoms with Crippen molar-refractivity contribution >= 4 is 11.6 Å². The van der Waals surface area contributed by atoms with Crippen LogP contribution >= 0.6 is 0 Å². The molecule has 0 bridgehead atoms. The van der Waals surface area contributed by atoms with Gasteiger partial charge in [-0.15, -0.1) is 0 Å². The van der Waals surface area contributed by atoms with E-state index in [1.165, 1.54) is 11.1 Å². The number of nitroso groups, excluding NO2 is 1. The van der Waals surface area contributed by atoms with Crippen LogP contribution in [0.5, 0.6) is 0 Å². The van der Waals surface area contributed by atoms with Crippen LogP contribution in [0.2, 0.25) is 0 Å². The van der Waals surface area contributed by atoms with Crippen molar-refractivity contribution in [2.75, 3.05) is 4.90 Å². The SMILES string of the molecule is CCCCC1(C)CC(=O)N(Cc2ccccc2)c2cc(C(C)N=O)c(-c3ccc(C)cc3)cc21. The van der Waals surface area contributed by atoms with Crippen molar-refractivity contribution in [2.45, 2.75) is 71.4 Å². The Balaban J connectivity index is 1.93. The zero-order valence-electron chi connectivity index (χ0n) is 20.7. The standard InChI is InChI=1S/C30H34N2O2/c1-5-6-16-30(4)19-29(33)32(20-23-10-8-7-9-11-23)28-18-25(22(3)31-34)26(17-27(28)30)24-14-12-21(2)13-15-24/h7-15,17-18,22H,5-6,16,19-20H2,1-4H3. The van der Waals surface area contributed by atoms with E-state index in [2.05, 4.69) is 74.5 Å². The van der Waals surface area contributed by atoms with Gasteiger partial charge in [0.25, 0.3) is 0 Å². The van der Waals surface area contributed by atoms with Crippen LogP contribution in [0.15, 0.2) is 71.9 Å². The molecule has 0 aromatic heterocycles. The third-order valence-corrected chi connectivity index (χ3v) is 7.19. The van der Waals surface area contributed by atoms with Gasteiger partial charge in [0, 0.05) is 17.5 Å². The normalized spacial score (nSPS) is 18.5. The topological polar surface area (TPSA) is 49.7 Å². The van der Waals surface area contributed by atoms with Gasteiger partial charge < -0.3 is 4.90 Å². The molecule has 1 heterocycles. The summed E-state index contributed by atoms with van der Waals surface area (Å²) in [6.45, 7) is 8.83. The van der Waals surface area contributed by atoms with Gasteiger partial charge >= 0.3 is 0 Å². The highest BCUT2D eigenvalue weighted by molar-refractivity contribution is 5.98. The van der Waals surface area contributed by atoms with Crippen molar-refractivity contribution in [2.24, 2.45) is 5.18 Å². The summed E-state index contributed by atoms with van der Waals surface area (Å²) in [6, 6.07) is 22.3. The van der Waals surface area contributed by atoms with Crippen LogP contribution in [0.4, 0.5) is 5.69 Å². The van der Waals surface area contributed by atoms with Crippen molar-refractivity contribution < 1.29 is 4.79 Å². The third-order valence-electron chi connectivity index (χ3n) is 7.19. The maximum absolute atomic E-state index is 13.5. The first-order valence-corrected chi connectivity index (χ1v) is 12.3. The number of aryl methyl sites for hydroxylation is 1. The van der Waals surface area contributed by atoms with Gasteiger partial charge in [-0.05, 0) is 60.2 Å². The molecule has 0 saturated carbocycles. The highest BCUT2D eigenvalue weighted by atomic mass is 16.3. The average molecular weight is 455 g/mol. The van der Waals surface area contributed by atoms with Crippen molar-refractivity contribution in [3.8, 4) is 11.1 Å². The first-order chi connectivity index (χ1) is 16.4. The fourth-order valence-corrected chi connectivity index (χ4v) is 5.08. The van der Waals surface area contributed by atoms with Crippen molar-refractivity contribution in [3.05, 3.63) is 93.9 Å². The molecule has 1 amide bonds. The second-order valence-corrected chi connectivity index (χ2v) is 9.91. The molecule has 4 nitrogen and oxygen atoms in total. The van der Waals surface area contributed by atoms with Crippen molar-refractivity contribution in [1.82, 2.24) is 0 Å². The molecule has 0 N–H and O–H groups in total. The monoisotopic (exact) mass is 454 g/mol. The van der Waals surface area contributed by atoms with E-state index in [1.807, 2.05) is 30.0 Å². The molecule has 0 saturated heterocycles. The zero-order chi connectivity index (χ0) is 24.3. The molecule has 3 aromatic carbocycles. The number of carbonyl (C=O) groups excluding carboxylic acids is 1. The van der Waals surface area contributed by atoms with Crippen LogP contribution in [-0.2, 0) is 16.8 Å². The van der Waals surface area contributed by atoms with E-state index in [0.717, 1.165) is 47.2 Å². The summed E-state index contributed by atoms with van der Waals surface area (Å²) in [5, 5.41) is 3.37. The van der Waals surface area contributed by atoms with Crippen LogP contribution in [0.3, 0.4) is 0 Å². The Morgan fingerprint density at radius 3 is 2.41 bits per heavy atom. The second-order valence-electron chi connectivity index (χ2n) is 9.91. The summed E-state index contributed by atoms with van der Waals surface area (Å²) in [7, 11) is 0. The number of benzene rings is 3.